The third-order valence-corrected chi connectivity index (χ3v) is 3.03. The zero-order chi connectivity index (χ0) is 15.3. The predicted molar refractivity (Wildman–Crippen MR) is 81.5 cm³/mol. The second-order valence-corrected chi connectivity index (χ2v) is 4.63. The van der Waals surface area contributed by atoms with Crippen LogP contribution in [0.2, 0.25) is 0 Å². The fraction of sp³-hybridized carbons (Fsp3) is 0.562. The molecule has 0 radical (unpaired) electrons. The highest BCUT2D eigenvalue weighted by Gasteiger charge is 2.12. The van der Waals surface area contributed by atoms with Gasteiger partial charge in [-0.1, -0.05) is 18.2 Å². The van der Waals surface area contributed by atoms with E-state index >= 15 is 0 Å². The van der Waals surface area contributed by atoms with Gasteiger partial charge in [-0.2, -0.15) is 0 Å². The Balaban J connectivity index is 2.25. The largest absolute Gasteiger partial charge is 0.494 e. The quantitative estimate of drug-likeness (QED) is 0.586. The molecule has 0 heterocycles. The SMILES string of the molecule is COCCN(CCOC)C(=O)CCCOc1ccccc1. The van der Waals surface area contributed by atoms with E-state index in [4.69, 9.17) is 14.2 Å². The highest BCUT2D eigenvalue weighted by molar-refractivity contribution is 5.76. The van der Waals surface area contributed by atoms with Crippen molar-refractivity contribution in [1.29, 1.82) is 0 Å². The van der Waals surface area contributed by atoms with Gasteiger partial charge in [0.05, 0.1) is 19.8 Å². The van der Waals surface area contributed by atoms with Crippen molar-refractivity contribution in [2.45, 2.75) is 12.8 Å². The zero-order valence-electron chi connectivity index (χ0n) is 12.9. The van der Waals surface area contributed by atoms with E-state index in [0.717, 1.165) is 5.75 Å². The number of carbonyl (C=O) groups is 1. The van der Waals surface area contributed by atoms with Crippen molar-refractivity contribution in [1.82, 2.24) is 4.90 Å². The van der Waals surface area contributed by atoms with Crippen LogP contribution in [-0.2, 0) is 14.3 Å². The Morgan fingerprint density at radius 2 is 1.62 bits per heavy atom. The second kappa shape index (κ2) is 11.1. The molecule has 5 heteroatoms. The summed E-state index contributed by atoms with van der Waals surface area (Å²) >= 11 is 0. The number of carbonyl (C=O) groups excluding carboxylic acids is 1. The molecule has 118 valence electrons. The average molecular weight is 295 g/mol. The molecule has 1 rings (SSSR count). The molecular formula is C16H25NO4. The number of methoxy groups -OCH3 is 2. The molecule has 5 nitrogen and oxygen atoms in total. The van der Waals surface area contributed by atoms with Crippen molar-refractivity contribution in [3.63, 3.8) is 0 Å². The molecular weight excluding hydrogens is 270 g/mol. The third kappa shape index (κ3) is 7.68. The van der Waals surface area contributed by atoms with Crippen molar-refractivity contribution in [3.8, 4) is 5.75 Å². The van der Waals surface area contributed by atoms with Gasteiger partial charge in [-0.3, -0.25) is 4.79 Å². The lowest BCUT2D eigenvalue weighted by Crippen LogP contribution is -2.36. The van der Waals surface area contributed by atoms with Crippen LogP contribution < -0.4 is 4.74 Å². The summed E-state index contributed by atoms with van der Waals surface area (Å²) in [7, 11) is 3.26. The van der Waals surface area contributed by atoms with Crippen LogP contribution in [-0.4, -0.2) is 57.9 Å². The Morgan fingerprint density at radius 3 is 2.19 bits per heavy atom. The summed E-state index contributed by atoms with van der Waals surface area (Å²) in [5.41, 5.74) is 0. The van der Waals surface area contributed by atoms with E-state index in [1.807, 2.05) is 30.3 Å². The van der Waals surface area contributed by atoms with Crippen LogP contribution in [0.5, 0.6) is 5.75 Å². The van der Waals surface area contributed by atoms with Gasteiger partial charge in [0.2, 0.25) is 5.91 Å². The molecule has 1 amide bonds. The maximum absolute atomic E-state index is 12.1. The molecule has 0 fully saturated rings. The number of ether oxygens (including phenoxy) is 3. The number of benzene rings is 1. The Kier molecular flexibility index (Phi) is 9.24. The van der Waals surface area contributed by atoms with Gasteiger partial charge in [-0.05, 0) is 18.6 Å². The Morgan fingerprint density at radius 1 is 1.00 bits per heavy atom. The van der Waals surface area contributed by atoms with Crippen LogP contribution in [0.3, 0.4) is 0 Å². The molecule has 0 saturated heterocycles. The fourth-order valence-corrected chi connectivity index (χ4v) is 1.85. The molecule has 0 N–H and O–H groups in total. The maximum Gasteiger partial charge on any atom is 0.222 e. The minimum absolute atomic E-state index is 0.112. The summed E-state index contributed by atoms with van der Waals surface area (Å²) < 4.78 is 15.6. The van der Waals surface area contributed by atoms with Crippen molar-refractivity contribution in [3.05, 3.63) is 30.3 Å². The van der Waals surface area contributed by atoms with Crippen LogP contribution in [0.4, 0.5) is 0 Å². The first-order valence-corrected chi connectivity index (χ1v) is 7.21. The summed E-state index contributed by atoms with van der Waals surface area (Å²) in [4.78, 5) is 13.9. The normalized spacial score (nSPS) is 10.4. The van der Waals surface area contributed by atoms with E-state index in [1.54, 1.807) is 19.1 Å². The molecule has 0 aliphatic heterocycles. The molecule has 0 aromatic heterocycles. The van der Waals surface area contributed by atoms with Gasteiger partial charge < -0.3 is 19.1 Å². The molecule has 0 saturated carbocycles. The van der Waals surface area contributed by atoms with E-state index in [-0.39, 0.29) is 5.91 Å². The molecule has 0 unspecified atom stereocenters. The standard InChI is InChI=1S/C16H25NO4/c1-19-13-10-17(11-14-20-2)16(18)9-6-12-21-15-7-4-3-5-8-15/h3-5,7-8H,6,9-14H2,1-2H3. The summed E-state index contributed by atoms with van der Waals surface area (Å²) in [6, 6.07) is 9.62. The lowest BCUT2D eigenvalue weighted by molar-refractivity contribution is -0.132. The van der Waals surface area contributed by atoms with Gasteiger partial charge in [0.25, 0.3) is 0 Å². The summed E-state index contributed by atoms with van der Waals surface area (Å²) in [6.45, 7) is 2.81. The van der Waals surface area contributed by atoms with Gasteiger partial charge in [0.1, 0.15) is 5.75 Å². The summed E-state index contributed by atoms with van der Waals surface area (Å²) in [5, 5.41) is 0. The maximum atomic E-state index is 12.1. The Hall–Kier alpha value is -1.59. The fourth-order valence-electron chi connectivity index (χ4n) is 1.85. The molecule has 0 aliphatic carbocycles. The van der Waals surface area contributed by atoms with Crippen LogP contribution >= 0.6 is 0 Å². The highest BCUT2D eigenvalue weighted by Crippen LogP contribution is 2.09. The first-order chi connectivity index (χ1) is 10.3. The van der Waals surface area contributed by atoms with Gasteiger partial charge in [-0.15, -0.1) is 0 Å². The van der Waals surface area contributed by atoms with E-state index in [1.165, 1.54) is 0 Å². The van der Waals surface area contributed by atoms with E-state index in [2.05, 4.69) is 0 Å². The smallest absolute Gasteiger partial charge is 0.222 e. The molecule has 0 atom stereocenters. The van der Waals surface area contributed by atoms with E-state index < -0.39 is 0 Å². The number of nitrogens with zero attached hydrogens (tertiary/aromatic N) is 1. The topological polar surface area (TPSA) is 48.0 Å². The predicted octanol–water partition coefficient (Wildman–Crippen LogP) is 1.97. The van der Waals surface area contributed by atoms with Crippen LogP contribution in [0.1, 0.15) is 12.8 Å². The van der Waals surface area contributed by atoms with Gasteiger partial charge in [0, 0.05) is 33.7 Å². The van der Waals surface area contributed by atoms with Crippen molar-refractivity contribution >= 4 is 5.91 Å². The number of para-hydroxylation sites is 1. The lowest BCUT2D eigenvalue weighted by Gasteiger charge is -2.22. The Bertz CT molecular complexity index is 375. The molecule has 21 heavy (non-hydrogen) atoms. The first kappa shape index (κ1) is 17.5. The molecule has 1 aromatic carbocycles. The number of rotatable bonds is 11. The van der Waals surface area contributed by atoms with Crippen LogP contribution in [0.15, 0.2) is 30.3 Å². The molecule has 0 bridgehead atoms. The zero-order valence-corrected chi connectivity index (χ0v) is 12.9. The van der Waals surface area contributed by atoms with E-state index in [9.17, 15) is 4.79 Å². The summed E-state index contributed by atoms with van der Waals surface area (Å²) in [6.07, 6.45) is 1.17. The molecule has 0 aliphatic rings. The van der Waals surface area contributed by atoms with Crippen LogP contribution in [0.25, 0.3) is 0 Å². The second-order valence-electron chi connectivity index (χ2n) is 4.63. The average Bonchev–Trinajstić information content (AvgIpc) is 2.52. The van der Waals surface area contributed by atoms with Gasteiger partial charge in [0.15, 0.2) is 0 Å². The third-order valence-electron chi connectivity index (χ3n) is 3.03. The minimum Gasteiger partial charge on any atom is -0.494 e. The van der Waals surface area contributed by atoms with Crippen molar-refractivity contribution in [2.24, 2.45) is 0 Å². The highest BCUT2D eigenvalue weighted by atomic mass is 16.5. The summed E-state index contributed by atoms with van der Waals surface area (Å²) in [5.74, 6) is 0.946. The number of amides is 1. The first-order valence-electron chi connectivity index (χ1n) is 7.21. The van der Waals surface area contributed by atoms with Gasteiger partial charge in [-0.25, -0.2) is 0 Å². The Labute approximate surface area is 126 Å². The number of hydrogen-bond acceptors (Lipinski definition) is 4. The van der Waals surface area contributed by atoms with Crippen LogP contribution in [0, 0.1) is 0 Å². The van der Waals surface area contributed by atoms with Crippen molar-refractivity contribution in [2.75, 3.05) is 47.1 Å². The number of hydrogen-bond donors (Lipinski definition) is 0. The van der Waals surface area contributed by atoms with E-state index in [0.29, 0.717) is 45.8 Å². The monoisotopic (exact) mass is 295 g/mol. The lowest BCUT2D eigenvalue weighted by atomic mass is 10.2. The molecule has 1 aromatic rings. The minimum atomic E-state index is 0.112. The van der Waals surface area contributed by atoms with Crippen molar-refractivity contribution < 1.29 is 19.0 Å². The molecule has 0 spiro atoms. The van der Waals surface area contributed by atoms with Gasteiger partial charge >= 0.3 is 0 Å².